The number of halogens is 2. The summed E-state index contributed by atoms with van der Waals surface area (Å²) in [6.07, 6.45) is 4.63. The van der Waals surface area contributed by atoms with Crippen molar-refractivity contribution in [3.8, 4) is 0 Å². The molecule has 0 aliphatic carbocycles. The van der Waals surface area contributed by atoms with Crippen LogP contribution >= 0.6 is 15.9 Å². The van der Waals surface area contributed by atoms with E-state index in [9.17, 15) is 4.39 Å². The topological polar surface area (TPSA) is 29.3 Å². The third-order valence-corrected chi connectivity index (χ3v) is 4.23. The summed E-state index contributed by atoms with van der Waals surface area (Å²) in [5, 5.41) is 0. The standard InChI is InChI=1S/C16H26BrFN2/c1-3-5-9-20(10-6-4-2)16(12-19)13-7-8-14(17)15(18)11-13/h7-8,11,16H,3-6,9-10,12,19H2,1-2H3. The molecule has 0 bridgehead atoms. The van der Waals surface area contributed by atoms with Crippen LogP contribution in [0.4, 0.5) is 4.39 Å². The summed E-state index contributed by atoms with van der Waals surface area (Å²) in [5.74, 6) is -0.216. The third kappa shape index (κ3) is 5.15. The second-order valence-corrected chi connectivity index (χ2v) is 6.02. The molecule has 0 aliphatic heterocycles. The first-order chi connectivity index (χ1) is 9.63. The maximum Gasteiger partial charge on any atom is 0.137 e. The Morgan fingerprint density at radius 2 is 1.80 bits per heavy atom. The highest BCUT2D eigenvalue weighted by molar-refractivity contribution is 9.10. The van der Waals surface area contributed by atoms with E-state index < -0.39 is 0 Å². The Balaban J connectivity index is 2.88. The quantitative estimate of drug-likeness (QED) is 0.714. The monoisotopic (exact) mass is 344 g/mol. The van der Waals surface area contributed by atoms with E-state index in [0.29, 0.717) is 11.0 Å². The first kappa shape index (κ1) is 17.6. The lowest BCUT2D eigenvalue weighted by Crippen LogP contribution is -2.35. The van der Waals surface area contributed by atoms with Crippen molar-refractivity contribution in [2.45, 2.75) is 45.6 Å². The lowest BCUT2D eigenvalue weighted by Gasteiger charge is -2.31. The van der Waals surface area contributed by atoms with Crippen molar-refractivity contribution in [2.75, 3.05) is 19.6 Å². The minimum absolute atomic E-state index is 0.107. The summed E-state index contributed by atoms with van der Waals surface area (Å²) >= 11 is 3.20. The molecule has 0 aromatic heterocycles. The molecule has 0 radical (unpaired) electrons. The minimum atomic E-state index is -0.216. The summed E-state index contributed by atoms with van der Waals surface area (Å²) < 4.78 is 14.2. The van der Waals surface area contributed by atoms with Crippen molar-refractivity contribution in [3.05, 3.63) is 34.1 Å². The van der Waals surface area contributed by atoms with Gasteiger partial charge in [0.15, 0.2) is 0 Å². The lowest BCUT2D eigenvalue weighted by molar-refractivity contribution is 0.195. The Hall–Kier alpha value is -0.450. The largest absolute Gasteiger partial charge is 0.329 e. The summed E-state index contributed by atoms with van der Waals surface area (Å²) in [4.78, 5) is 2.40. The van der Waals surface area contributed by atoms with E-state index in [1.54, 1.807) is 12.1 Å². The molecule has 0 saturated heterocycles. The van der Waals surface area contributed by atoms with Crippen LogP contribution in [0.1, 0.15) is 51.1 Å². The van der Waals surface area contributed by atoms with Crippen LogP contribution < -0.4 is 5.73 Å². The molecule has 0 spiro atoms. The van der Waals surface area contributed by atoms with E-state index >= 15 is 0 Å². The summed E-state index contributed by atoms with van der Waals surface area (Å²) in [6, 6.07) is 5.45. The van der Waals surface area contributed by atoms with Gasteiger partial charge in [-0.15, -0.1) is 0 Å². The number of nitrogens with two attached hydrogens (primary N) is 1. The zero-order valence-electron chi connectivity index (χ0n) is 12.5. The molecule has 20 heavy (non-hydrogen) atoms. The first-order valence-corrected chi connectivity index (χ1v) is 8.32. The van der Waals surface area contributed by atoms with Gasteiger partial charge in [0.1, 0.15) is 5.82 Å². The molecule has 0 heterocycles. The predicted octanol–water partition coefficient (Wildman–Crippen LogP) is 4.49. The van der Waals surface area contributed by atoms with Crippen LogP contribution in [0.25, 0.3) is 0 Å². The fourth-order valence-electron chi connectivity index (χ4n) is 2.36. The number of benzene rings is 1. The van der Waals surface area contributed by atoms with Crippen LogP contribution in [-0.2, 0) is 0 Å². The molecule has 2 N–H and O–H groups in total. The second-order valence-electron chi connectivity index (χ2n) is 5.17. The Morgan fingerprint density at radius 1 is 1.20 bits per heavy atom. The molecule has 0 amide bonds. The van der Waals surface area contributed by atoms with Gasteiger partial charge in [-0.2, -0.15) is 0 Å². The molecule has 1 aromatic rings. The van der Waals surface area contributed by atoms with Crippen LogP contribution in [0.15, 0.2) is 22.7 Å². The maximum atomic E-state index is 13.7. The first-order valence-electron chi connectivity index (χ1n) is 7.53. The van der Waals surface area contributed by atoms with Crippen LogP contribution in [0.3, 0.4) is 0 Å². The zero-order chi connectivity index (χ0) is 15.0. The van der Waals surface area contributed by atoms with Gasteiger partial charge in [-0.3, -0.25) is 4.90 Å². The van der Waals surface area contributed by atoms with Crippen molar-refractivity contribution in [1.29, 1.82) is 0 Å². The van der Waals surface area contributed by atoms with Gasteiger partial charge in [0.2, 0.25) is 0 Å². The predicted molar refractivity (Wildman–Crippen MR) is 87.3 cm³/mol. The van der Waals surface area contributed by atoms with E-state index in [1.807, 2.05) is 6.07 Å². The van der Waals surface area contributed by atoms with Crippen LogP contribution in [0.5, 0.6) is 0 Å². The Bertz CT molecular complexity index is 390. The zero-order valence-corrected chi connectivity index (χ0v) is 14.1. The third-order valence-electron chi connectivity index (χ3n) is 3.59. The molecule has 2 nitrogen and oxygen atoms in total. The van der Waals surface area contributed by atoms with E-state index in [2.05, 4.69) is 34.7 Å². The normalized spacial score (nSPS) is 12.9. The van der Waals surface area contributed by atoms with Gasteiger partial charge < -0.3 is 5.73 Å². The van der Waals surface area contributed by atoms with Gasteiger partial charge in [0.25, 0.3) is 0 Å². The smallest absolute Gasteiger partial charge is 0.137 e. The van der Waals surface area contributed by atoms with Crippen molar-refractivity contribution >= 4 is 15.9 Å². The molecule has 1 atom stereocenters. The van der Waals surface area contributed by atoms with Crippen molar-refractivity contribution < 1.29 is 4.39 Å². The van der Waals surface area contributed by atoms with Gasteiger partial charge in [-0.05, 0) is 59.6 Å². The average molecular weight is 345 g/mol. The van der Waals surface area contributed by atoms with Gasteiger partial charge in [-0.25, -0.2) is 4.39 Å². The lowest BCUT2D eigenvalue weighted by atomic mass is 10.0. The van der Waals surface area contributed by atoms with E-state index in [-0.39, 0.29) is 11.9 Å². The number of hydrogen-bond acceptors (Lipinski definition) is 2. The van der Waals surface area contributed by atoms with Gasteiger partial charge in [0, 0.05) is 12.6 Å². The molecule has 1 aromatic carbocycles. The highest BCUT2D eigenvalue weighted by atomic mass is 79.9. The molecule has 1 unspecified atom stereocenters. The van der Waals surface area contributed by atoms with E-state index in [0.717, 1.165) is 44.3 Å². The second kappa shape index (κ2) is 9.48. The fraction of sp³-hybridized carbons (Fsp3) is 0.625. The molecular weight excluding hydrogens is 319 g/mol. The Kier molecular flexibility index (Phi) is 8.34. The number of rotatable bonds is 9. The van der Waals surface area contributed by atoms with Crippen LogP contribution in [0.2, 0.25) is 0 Å². The summed E-state index contributed by atoms with van der Waals surface area (Å²) in [5.41, 5.74) is 6.93. The molecule has 0 saturated carbocycles. The number of hydrogen-bond donors (Lipinski definition) is 1. The maximum absolute atomic E-state index is 13.7. The summed E-state index contributed by atoms with van der Waals surface area (Å²) in [6.45, 7) is 6.95. The van der Waals surface area contributed by atoms with Gasteiger partial charge >= 0.3 is 0 Å². The molecular formula is C16H26BrFN2. The highest BCUT2D eigenvalue weighted by Gasteiger charge is 2.19. The highest BCUT2D eigenvalue weighted by Crippen LogP contribution is 2.25. The van der Waals surface area contributed by atoms with E-state index in [4.69, 9.17) is 5.73 Å². The molecule has 0 aliphatic rings. The Labute approximate surface area is 130 Å². The van der Waals surface area contributed by atoms with Gasteiger partial charge in [-0.1, -0.05) is 32.8 Å². The van der Waals surface area contributed by atoms with Crippen LogP contribution in [0, 0.1) is 5.82 Å². The minimum Gasteiger partial charge on any atom is -0.329 e. The van der Waals surface area contributed by atoms with Crippen LogP contribution in [-0.4, -0.2) is 24.5 Å². The van der Waals surface area contributed by atoms with Crippen molar-refractivity contribution in [2.24, 2.45) is 5.73 Å². The number of unbranched alkanes of at least 4 members (excludes halogenated alkanes) is 2. The Morgan fingerprint density at radius 3 is 2.25 bits per heavy atom. The molecule has 114 valence electrons. The van der Waals surface area contributed by atoms with Crippen molar-refractivity contribution in [1.82, 2.24) is 4.90 Å². The average Bonchev–Trinajstić information content (AvgIpc) is 2.45. The molecule has 4 heteroatoms. The summed E-state index contributed by atoms with van der Waals surface area (Å²) in [7, 11) is 0. The molecule has 0 fully saturated rings. The van der Waals surface area contributed by atoms with Gasteiger partial charge in [0.05, 0.1) is 4.47 Å². The molecule has 1 rings (SSSR count). The van der Waals surface area contributed by atoms with Crippen molar-refractivity contribution in [3.63, 3.8) is 0 Å². The SMILES string of the molecule is CCCCN(CCCC)C(CN)c1ccc(Br)c(F)c1. The van der Waals surface area contributed by atoms with E-state index in [1.165, 1.54) is 0 Å². The number of nitrogens with zero attached hydrogens (tertiary/aromatic N) is 1. The fourth-order valence-corrected chi connectivity index (χ4v) is 2.61.